The van der Waals surface area contributed by atoms with Gasteiger partial charge in [-0.15, -0.1) is 11.3 Å². The van der Waals surface area contributed by atoms with Crippen molar-refractivity contribution in [2.24, 2.45) is 5.73 Å². The molecule has 38 heavy (non-hydrogen) atoms. The number of halogens is 2. The molecule has 1 saturated heterocycles. The van der Waals surface area contributed by atoms with Crippen molar-refractivity contribution in [3.8, 4) is 16.3 Å². The summed E-state index contributed by atoms with van der Waals surface area (Å²) in [6.45, 7) is 7.01. The Morgan fingerprint density at radius 3 is 2.47 bits per heavy atom. The highest BCUT2D eigenvalue weighted by Gasteiger charge is 2.25. The van der Waals surface area contributed by atoms with Crippen LogP contribution in [0.3, 0.4) is 0 Å². The number of aliphatic hydroxyl groups is 1. The molecule has 0 aliphatic carbocycles. The minimum atomic E-state index is -1.44. The van der Waals surface area contributed by atoms with E-state index in [2.05, 4.69) is 10.3 Å². The number of carbonyl (C=O) groups is 2. The summed E-state index contributed by atoms with van der Waals surface area (Å²) < 4.78 is 40.6. The molecule has 1 aliphatic heterocycles. The Morgan fingerprint density at radius 1 is 1.21 bits per heavy atom. The third-order valence-electron chi connectivity index (χ3n) is 5.95. The van der Waals surface area contributed by atoms with Crippen LogP contribution in [0, 0.1) is 18.6 Å². The first-order chi connectivity index (χ1) is 17.9. The lowest BCUT2D eigenvalue weighted by molar-refractivity contribution is -0.137. The minimum Gasteiger partial charge on any atom is -0.406 e. The Hall–Kier alpha value is -3.45. The number of anilines is 2. The number of hydrogen-bond donors (Lipinski definition) is 3. The summed E-state index contributed by atoms with van der Waals surface area (Å²) in [7, 11) is 0. The zero-order valence-corrected chi connectivity index (χ0v) is 22.0. The molecule has 1 aliphatic rings. The number of amides is 1. The summed E-state index contributed by atoms with van der Waals surface area (Å²) in [6.07, 6.45) is 0. The summed E-state index contributed by atoms with van der Waals surface area (Å²) >= 11 is 0.904. The van der Waals surface area contributed by atoms with Crippen LogP contribution >= 0.6 is 11.3 Å². The number of aryl methyl sites for hydroxylation is 1. The number of rotatable bonds is 8. The molecular weight excluding hydrogens is 518 g/mol. The van der Waals surface area contributed by atoms with Crippen LogP contribution in [-0.4, -0.2) is 59.7 Å². The van der Waals surface area contributed by atoms with E-state index in [4.69, 9.17) is 15.2 Å². The second-order valence-corrected chi connectivity index (χ2v) is 10.4. The fraction of sp³-hybridized carbons (Fsp3) is 0.346. The van der Waals surface area contributed by atoms with Crippen molar-refractivity contribution in [3.05, 3.63) is 58.7 Å². The van der Waals surface area contributed by atoms with Crippen molar-refractivity contribution in [1.29, 1.82) is 0 Å². The average molecular weight is 547 g/mol. The predicted octanol–water partition coefficient (Wildman–Crippen LogP) is 3.70. The van der Waals surface area contributed by atoms with Gasteiger partial charge in [0.25, 0.3) is 5.91 Å². The maximum atomic E-state index is 14.9. The molecule has 0 atom stereocenters. The topological polar surface area (TPSA) is 127 Å². The maximum Gasteiger partial charge on any atom is 0.326 e. The van der Waals surface area contributed by atoms with E-state index in [0.29, 0.717) is 31.9 Å². The molecule has 1 aromatic carbocycles. The SMILES string of the molecule is Cc1ccc(Nc2sc(-c3c(F)cc(C(C)(C)O)cc3F)cc2C(N)=O)nc1OC(=O)CN1CCOCC1. The fourth-order valence-corrected chi connectivity index (χ4v) is 4.95. The Bertz CT molecular complexity index is 1340. The van der Waals surface area contributed by atoms with Gasteiger partial charge in [0.05, 0.1) is 36.5 Å². The number of ether oxygens (including phenoxy) is 2. The van der Waals surface area contributed by atoms with Crippen LogP contribution in [0.5, 0.6) is 5.88 Å². The van der Waals surface area contributed by atoms with E-state index in [-0.39, 0.29) is 44.8 Å². The number of aromatic nitrogens is 1. The standard InChI is InChI=1S/C26H28F2N4O5S/c1-14-4-5-20(30-24(14)37-21(33)13-32-6-8-36-9-7-32)31-25-16(23(29)34)12-19(38-25)22-17(27)10-15(11-18(22)28)26(2,3)35/h4-5,10-12,35H,6-9,13H2,1-3H3,(H2,29,34)(H,30,31). The first-order valence-electron chi connectivity index (χ1n) is 11.8. The molecule has 3 aromatic rings. The lowest BCUT2D eigenvalue weighted by Crippen LogP contribution is -2.40. The molecule has 1 fully saturated rings. The average Bonchev–Trinajstić information content (AvgIpc) is 3.24. The van der Waals surface area contributed by atoms with E-state index >= 15 is 0 Å². The van der Waals surface area contributed by atoms with Gasteiger partial charge in [-0.2, -0.15) is 4.98 Å². The first-order valence-corrected chi connectivity index (χ1v) is 12.7. The molecule has 3 heterocycles. The molecule has 202 valence electrons. The van der Waals surface area contributed by atoms with Crippen molar-refractivity contribution >= 4 is 34.0 Å². The van der Waals surface area contributed by atoms with E-state index in [1.165, 1.54) is 19.9 Å². The van der Waals surface area contributed by atoms with Crippen LogP contribution in [0.15, 0.2) is 30.3 Å². The molecular formula is C26H28F2N4O5S. The molecule has 0 unspecified atom stereocenters. The molecule has 1 amide bonds. The van der Waals surface area contributed by atoms with Crippen LogP contribution in [0.1, 0.15) is 35.3 Å². The molecule has 9 nitrogen and oxygen atoms in total. The number of pyridine rings is 1. The summed E-state index contributed by atoms with van der Waals surface area (Å²) in [5.41, 5.74) is 4.42. The summed E-state index contributed by atoms with van der Waals surface area (Å²) in [4.78, 5) is 30.9. The summed E-state index contributed by atoms with van der Waals surface area (Å²) in [5, 5.41) is 13.3. The number of carbonyl (C=O) groups excluding carboxylic acids is 2. The maximum absolute atomic E-state index is 14.9. The van der Waals surface area contributed by atoms with Crippen molar-refractivity contribution < 1.29 is 33.0 Å². The van der Waals surface area contributed by atoms with Crippen LogP contribution in [0.4, 0.5) is 19.6 Å². The molecule has 0 bridgehead atoms. The number of nitrogens with one attached hydrogen (secondary N) is 1. The van der Waals surface area contributed by atoms with Gasteiger partial charge in [0, 0.05) is 23.5 Å². The lowest BCUT2D eigenvalue weighted by atomic mass is 9.96. The monoisotopic (exact) mass is 546 g/mol. The van der Waals surface area contributed by atoms with E-state index in [1.54, 1.807) is 19.1 Å². The van der Waals surface area contributed by atoms with E-state index in [0.717, 1.165) is 23.5 Å². The lowest BCUT2D eigenvalue weighted by Gasteiger charge is -2.25. The van der Waals surface area contributed by atoms with Gasteiger partial charge in [-0.25, -0.2) is 8.78 Å². The first kappa shape index (κ1) is 27.6. The molecule has 0 saturated carbocycles. The van der Waals surface area contributed by atoms with E-state index < -0.39 is 29.1 Å². The van der Waals surface area contributed by atoms with Crippen molar-refractivity contribution in [3.63, 3.8) is 0 Å². The van der Waals surface area contributed by atoms with E-state index in [1.807, 2.05) is 4.90 Å². The van der Waals surface area contributed by atoms with Gasteiger partial charge >= 0.3 is 5.97 Å². The number of benzene rings is 1. The second-order valence-electron chi connectivity index (χ2n) is 9.40. The second kappa shape index (κ2) is 11.1. The Balaban J connectivity index is 1.59. The van der Waals surface area contributed by atoms with Crippen LogP contribution in [0.2, 0.25) is 0 Å². The van der Waals surface area contributed by atoms with E-state index in [9.17, 15) is 23.5 Å². The Kier molecular flexibility index (Phi) is 8.07. The molecule has 4 rings (SSSR count). The number of nitrogens with zero attached hydrogens (tertiary/aromatic N) is 2. The largest absolute Gasteiger partial charge is 0.406 e. The van der Waals surface area contributed by atoms with Gasteiger partial charge in [-0.3, -0.25) is 14.5 Å². The van der Waals surface area contributed by atoms with Crippen LogP contribution < -0.4 is 15.8 Å². The van der Waals surface area contributed by atoms with Gasteiger partial charge in [0.1, 0.15) is 22.5 Å². The third kappa shape index (κ3) is 6.33. The quantitative estimate of drug-likeness (QED) is 0.365. The molecule has 0 spiro atoms. The van der Waals surface area contributed by atoms with Crippen molar-refractivity contribution in [1.82, 2.24) is 9.88 Å². The van der Waals surface area contributed by atoms with Crippen molar-refractivity contribution in [2.45, 2.75) is 26.4 Å². The number of nitrogens with two attached hydrogens (primary N) is 1. The van der Waals surface area contributed by atoms with Gasteiger partial charge in [0.15, 0.2) is 0 Å². The molecule has 2 aromatic heterocycles. The summed E-state index contributed by atoms with van der Waals surface area (Å²) in [6, 6.07) is 6.68. The highest BCUT2D eigenvalue weighted by molar-refractivity contribution is 7.20. The molecule has 4 N–H and O–H groups in total. The Labute approximate surface area is 222 Å². The number of thiophene rings is 1. The number of esters is 1. The predicted molar refractivity (Wildman–Crippen MR) is 139 cm³/mol. The molecule has 12 heteroatoms. The van der Waals surface area contributed by atoms with Crippen LogP contribution in [0.25, 0.3) is 10.4 Å². The van der Waals surface area contributed by atoms with Crippen LogP contribution in [-0.2, 0) is 15.1 Å². The summed E-state index contributed by atoms with van der Waals surface area (Å²) in [5.74, 6) is -2.75. The third-order valence-corrected chi connectivity index (χ3v) is 7.02. The zero-order valence-electron chi connectivity index (χ0n) is 21.1. The van der Waals surface area contributed by atoms with Crippen molar-refractivity contribution in [2.75, 3.05) is 38.2 Å². The number of hydrogen-bond acceptors (Lipinski definition) is 9. The normalized spacial score (nSPS) is 14.4. The smallest absolute Gasteiger partial charge is 0.326 e. The number of primary amides is 1. The zero-order chi connectivity index (χ0) is 27.6. The van der Waals surface area contributed by atoms with Gasteiger partial charge in [-0.05, 0) is 50.6 Å². The van der Waals surface area contributed by atoms with Gasteiger partial charge in [0.2, 0.25) is 5.88 Å². The van der Waals surface area contributed by atoms with Gasteiger partial charge < -0.3 is 25.6 Å². The minimum absolute atomic E-state index is 0.00333. The fourth-order valence-electron chi connectivity index (χ4n) is 3.83. The number of morpholine rings is 1. The van der Waals surface area contributed by atoms with Gasteiger partial charge in [-0.1, -0.05) is 6.07 Å². The molecule has 0 radical (unpaired) electrons. The highest BCUT2D eigenvalue weighted by atomic mass is 32.1. The highest BCUT2D eigenvalue weighted by Crippen LogP contribution is 2.40. The Morgan fingerprint density at radius 2 is 1.87 bits per heavy atom.